The Hall–Kier alpha value is -2.39. The number of likely N-dealkylation sites (tertiary alicyclic amines) is 1. The predicted molar refractivity (Wildman–Crippen MR) is 120 cm³/mol. The van der Waals surface area contributed by atoms with Crippen molar-refractivity contribution in [2.75, 3.05) is 12.3 Å². The Morgan fingerprint density at radius 2 is 1.82 bits per heavy atom. The van der Waals surface area contributed by atoms with Crippen LogP contribution in [0.15, 0.2) is 48.5 Å². The highest BCUT2D eigenvalue weighted by Gasteiger charge is 2.57. The lowest BCUT2D eigenvalue weighted by Crippen LogP contribution is -2.53. The Balaban J connectivity index is 1.71. The molecule has 0 unspecified atom stereocenters. The Morgan fingerprint density at radius 3 is 2.42 bits per heavy atom. The first-order valence-corrected chi connectivity index (χ1v) is 12.8. The third-order valence-electron chi connectivity index (χ3n) is 6.64. The van der Waals surface area contributed by atoms with Gasteiger partial charge < -0.3 is 4.90 Å². The molecule has 2 aromatic rings. The minimum Gasteiger partial charge on any atom is -0.331 e. The van der Waals surface area contributed by atoms with Crippen LogP contribution in [-0.4, -0.2) is 49.5 Å². The maximum atomic E-state index is 15.5. The fourth-order valence-corrected chi connectivity index (χ4v) is 5.39. The van der Waals surface area contributed by atoms with Crippen LogP contribution >= 0.6 is 0 Å². The molecular formula is C24H27F3N2O3S. The van der Waals surface area contributed by atoms with E-state index in [-0.39, 0.29) is 23.7 Å². The average molecular weight is 481 g/mol. The Kier molecular flexibility index (Phi) is 6.55. The first kappa shape index (κ1) is 23.8. The molecule has 1 heterocycles. The zero-order valence-electron chi connectivity index (χ0n) is 18.3. The number of benzene rings is 2. The van der Waals surface area contributed by atoms with E-state index in [0.717, 1.165) is 11.3 Å². The molecule has 0 radical (unpaired) electrons. The van der Waals surface area contributed by atoms with Gasteiger partial charge in [-0.1, -0.05) is 55.0 Å². The van der Waals surface area contributed by atoms with Gasteiger partial charge in [0, 0.05) is 11.5 Å². The molecule has 9 heteroatoms. The molecule has 2 aliphatic rings. The van der Waals surface area contributed by atoms with Gasteiger partial charge in [0.1, 0.15) is 11.9 Å². The maximum absolute atomic E-state index is 15.5. The van der Waals surface area contributed by atoms with Crippen molar-refractivity contribution in [1.29, 1.82) is 0 Å². The van der Waals surface area contributed by atoms with E-state index in [1.54, 1.807) is 42.5 Å². The Morgan fingerprint density at radius 1 is 1.12 bits per heavy atom. The molecule has 2 aromatic carbocycles. The Labute approximate surface area is 192 Å². The molecule has 5 nitrogen and oxygen atoms in total. The molecule has 1 saturated heterocycles. The van der Waals surface area contributed by atoms with E-state index in [1.807, 2.05) is 0 Å². The third kappa shape index (κ3) is 4.80. The summed E-state index contributed by atoms with van der Waals surface area (Å²) >= 11 is 0. The van der Waals surface area contributed by atoms with Crippen LogP contribution in [0.25, 0.3) is 11.1 Å². The summed E-state index contributed by atoms with van der Waals surface area (Å²) in [5.74, 6) is -5.17. The number of alkyl halides is 2. The van der Waals surface area contributed by atoms with Gasteiger partial charge >= 0.3 is 0 Å². The fraction of sp³-hybridized carbons (Fsp3) is 0.458. The number of nitrogens with one attached hydrogen (secondary N) is 1. The molecule has 33 heavy (non-hydrogen) atoms. The SMILES string of the molecule is CCS(=O)(=O)N[C@@H]1[C@H](Cc2cccc(-c3ccccc3)c2F)N(C(=O)C2CCC2)CC1(F)F. The molecule has 1 aliphatic heterocycles. The van der Waals surface area contributed by atoms with Crippen molar-refractivity contribution in [2.45, 2.75) is 50.6 Å². The van der Waals surface area contributed by atoms with E-state index in [4.69, 9.17) is 0 Å². The number of hydrogen-bond donors (Lipinski definition) is 1. The van der Waals surface area contributed by atoms with Crippen LogP contribution in [0, 0.1) is 11.7 Å². The van der Waals surface area contributed by atoms with E-state index in [9.17, 15) is 13.2 Å². The Bertz CT molecular complexity index is 1120. The first-order valence-electron chi connectivity index (χ1n) is 11.1. The summed E-state index contributed by atoms with van der Waals surface area (Å²) in [6, 6.07) is 10.5. The van der Waals surface area contributed by atoms with Crippen molar-refractivity contribution < 1.29 is 26.4 Å². The molecule has 2 atom stereocenters. The highest BCUT2D eigenvalue weighted by molar-refractivity contribution is 7.89. The number of hydrogen-bond acceptors (Lipinski definition) is 3. The molecule has 0 bridgehead atoms. The molecule has 2 fully saturated rings. The van der Waals surface area contributed by atoms with E-state index in [2.05, 4.69) is 4.72 Å². The van der Waals surface area contributed by atoms with Crippen LogP contribution in [-0.2, 0) is 21.2 Å². The molecule has 0 aromatic heterocycles. The summed E-state index contributed by atoms with van der Waals surface area (Å²) in [5.41, 5.74) is 1.12. The monoisotopic (exact) mass is 480 g/mol. The lowest BCUT2D eigenvalue weighted by Gasteiger charge is -2.34. The molecular weight excluding hydrogens is 453 g/mol. The standard InChI is InChI=1S/C24H27F3N2O3S/c1-2-33(31,32)28-22-20(29(15-24(22,26)27)23(30)17-10-6-11-17)14-18-12-7-13-19(21(18)25)16-8-4-3-5-9-16/h3-5,7-9,12-13,17,20,22,28H,2,6,10-11,14-15H2,1H3/t20-,22+/m0/s1. The number of carbonyl (C=O) groups is 1. The van der Waals surface area contributed by atoms with E-state index >= 15 is 13.2 Å². The minimum absolute atomic E-state index is 0.158. The second-order valence-corrected chi connectivity index (χ2v) is 10.8. The van der Waals surface area contributed by atoms with Gasteiger partial charge in [-0.25, -0.2) is 26.3 Å². The van der Waals surface area contributed by atoms with Gasteiger partial charge in [-0.05, 0) is 37.3 Å². The summed E-state index contributed by atoms with van der Waals surface area (Å²) in [4.78, 5) is 14.1. The van der Waals surface area contributed by atoms with Gasteiger partial charge in [0.25, 0.3) is 5.92 Å². The van der Waals surface area contributed by atoms with Gasteiger partial charge in [0.2, 0.25) is 15.9 Å². The number of sulfonamides is 1. The van der Waals surface area contributed by atoms with Gasteiger partial charge in [-0.15, -0.1) is 0 Å². The van der Waals surface area contributed by atoms with Crippen molar-refractivity contribution in [1.82, 2.24) is 9.62 Å². The number of halogens is 3. The fourth-order valence-electron chi connectivity index (χ4n) is 4.51. The maximum Gasteiger partial charge on any atom is 0.283 e. The minimum atomic E-state index is -3.98. The zero-order valence-corrected chi connectivity index (χ0v) is 19.1. The van der Waals surface area contributed by atoms with Gasteiger partial charge in [0.05, 0.1) is 18.3 Å². The van der Waals surface area contributed by atoms with E-state index < -0.39 is 46.3 Å². The number of amides is 1. The van der Waals surface area contributed by atoms with Crippen LogP contribution in [0.5, 0.6) is 0 Å². The van der Waals surface area contributed by atoms with Crippen LogP contribution < -0.4 is 4.72 Å². The molecule has 1 N–H and O–H groups in total. The molecule has 4 rings (SSSR count). The summed E-state index contributed by atoms with van der Waals surface area (Å²) in [6.45, 7) is 0.467. The number of carbonyl (C=O) groups excluding carboxylic acids is 1. The summed E-state index contributed by atoms with van der Waals surface area (Å²) in [6.07, 6.45) is 1.87. The predicted octanol–water partition coefficient (Wildman–Crippen LogP) is 3.99. The van der Waals surface area contributed by atoms with Crippen molar-refractivity contribution in [3.8, 4) is 11.1 Å². The molecule has 0 spiro atoms. The highest BCUT2D eigenvalue weighted by Crippen LogP contribution is 2.39. The summed E-state index contributed by atoms with van der Waals surface area (Å²) < 4.78 is 72.1. The third-order valence-corrected chi connectivity index (χ3v) is 8.01. The normalized spacial score (nSPS) is 22.8. The average Bonchev–Trinajstić information content (AvgIpc) is 2.99. The zero-order chi connectivity index (χ0) is 23.8. The summed E-state index contributed by atoms with van der Waals surface area (Å²) in [5, 5.41) is 0. The smallest absolute Gasteiger partial charge is 0.283 e. The van der Waals surface area contributed by atoms with Crippen molar-refractivity contribution in [2.24, 2.45) is 5.92 Å². The van der Waals surface area contributed by atoms with Crippen molar-refractivity contribution >= 4 is 15.9 Å². The topological polar surface area (TPSA) is 66.5 Å². The molecule has 1 aliphatic carbocycles. The van der Waals surface area contributed by atoms with Crippen LogP contribution in [0.2, 0.25) is 0 Å². The lowest BCUT2D eigenvalue weighted by molar-refractivity contribution is -0.140. The van der Waals surface area contributed by atoms with Gasteiger partial charge in [0.15, 0.2) is 0 Å². The molecule has 1 amide bonds. The molecule has 1 saturated carbocycles. The number of rotatable bonds is 7. The van der Waals surface area contributed by atoms with Crippen molar-refractivity contribution in [3.63, 3.8) is 0 Å². The van der Waals surface area contributed by atoms with E-state index in [1.165, 1.54) is 13.0 Å². The second kappa shape index (κ2) is 9.10. The number of nitrogens with zero attached hydrogens (tertiary/aromatic N) is 1. The van der Waals surface area contributed by atoms with Crippen LogP contribution in [0.4, 0.5) is 13.2 Å². The van der Waals surface area contributed by atoms with Crippen LogP contribution in [0.1, 0.15) is 31.7 Å². The van der Waals surface area contributed by atoms with Crippen molar-refractivity contribution in [3.05, 3.63) is 59.9 Å². The largest absolute Gasteiger partial charge is 0.331 e. The summed E-state index contributed by atoms with van der Waals surface area (Å²) in [7, 11) is -3.98. The van der Waals surface area contributed by atoms with E-state index in [0.29, 0.717) is 24.0 Å². The van der Waals surface area contributed by atoms with Gasteiger partial charge in [-0.2, -0.15) is 0 Å². The van der Waals surface area contributed by atoms with Crippen LogP contribution in [0.3, 0.4) is 0 Å². The lowest BCUT2D eigenvalue weighted by atomic mass is 9.84. The molecule has 178 valence electrons. The second-order valence-electron chi connectivity index (χ2n) is 8.77. The quantitative estimate of drug-likeness (QED) is 0.652. The van der Waals surface area contributed by atoms with Gasteiger partial charge in [-0.3, -0.25) is 4.79 Å². The highest BCUT2D eigenvalue weighted by atomic mass is 32.2. The first-order chi connectivity index (χ1) is 15.6.